The molecule has 0 saturated heterocycles. The number of nitrogens with zero attached hydrogens (tertiary/aromatic N) is 1. The summed E-state index contributed by atoms with van der Waals surface area (Å²) in [5.74, 6) is 1.31. The minimum absolute atomic E-state index is 0.579. The molecule has 2 nitrogen and oxygen atoms in total. The van der Waals surface area contributed by atoms with Crippen LogP contribution < -0.4 is 5.32 Å². The number of hydrogen-bond acceptors (Lipinski definition) is 2. The lowest BCUT2D eigenvalue weighted by atomic mass is 9.97. The average molecular weight is 290 g/mol. The molecule has 0 aliphatic rings. The zero-order chi connectivity index (χ0) is 15.7. The molecule has 120 valence electrons. The van der Waals surface area contributed by atoms with Crippen molar-refractivity contribution in [3.05, 3.63) is 35.4 Å². The van der Waals surface area contributed by atoms with Crippen LogP contribution in [0.2, 0.25) is 0 Å². The predicted molar refractivity (Wildman–Crippen MR) is 94.1 cm³/mol. The van der Waals surface area contributed by atoms with Crippen LogP contribution in [0.3, 0.4) is 0 Å². The molecule has 1 atom stereocenters. The van der Waals surface area contributed by atoms with Gasteiger partial charge in [0.2, 0.25) is 0 Å². The fraction of sp³-hybridized carbons (Fsp3) is 0.684. The Labute approximate surface area is 131 Å². The van der Waals surface area contributed by atoms with Crippen molar-refractivity contribution in [3.8, 4) is 0 Å². The lowest BCUT2D eigenvalue weighted by molar-refractivity contribution is 0.302. The summed E-state index contributed by atoms with van der Waals surface area (Å²) >= 11 is 0. The Morgan fingerprint density at radius 2 is 1.62 bits per heavy atom. The van der Waals surface area contributed by atoms with Crippen molar-refractivity contribution in [2.24, 2.45) is 5.92 Å². The van der Waals surface area contributed by atoms with E-state index in [-0.39, 0.29) is 0 Å². The molecule has 0 aliphatic carbocycles. The smallest absolute Gasteiger partial charge is 0.0107 e. The molecule has 21 heavy (non-hydrogen) atoms. The Balaban J connectivity index is 2.33. The van der Waals surface area contributed by atoms with Crippen molar-refractivity contribution in [3.63, 3.8) is 0 Å². The summed E-state index contributed by atoms with van der Waals surface area (Å²) in [4.78, 5) is 2.46. The Morgan fingerprint density at radius 3 is 2.14 bits per heavy atom. The van der Waals surface area contributed by atoms with Crippen LogP contribution in [0.25, 0.3) is 0 Å². The minimum Gasteiger partial charge on any atom is -0.315 e. The first kappa shape index (κ1) is 18.2. The Kier molecular flexibility index (Phi) is 8.63. The highest BCUT2D eigenvalue weighted by Crippen LogP contribution is 2.16. The number of hydrogen-bond donors (Lipinski definition) is 1. The predicted octanol–water partition coefficient (Wildman–Crippen LogP) is 3.92. The van der Waals surface area contributed by atoms with Gasteiger partial charge < -0.3 is 10.2 Å². The van der Waals surface area contributed by atoms with Gasteiger partial charge in [0.1, 0.15) is 0 Å². The molecule has 0 aliphatic heterocycles. The third kappa shape index (κ3) is 7.10. The maximum atomic E-state index is 3.59. The van der Waals surface area contributed by atoms with E-state index in [2.05, 4.69) is 69.1 Å². The zero-order valence-electron chi connectivity index (χ0n) is 14.7. The van der Waals surface area contributed by atoms with Crippen LogP contribution in [0.5, 0.6) is 0 Å². The molecular weight excluding hydrogens is 256 g/mol. The summed E-state index contributed by atoms with van der Waals surface area (Å²) in [6.45, 7) is 16.9. The van der Waals surface area contributed by atoms with Gasteiger partial charge in [-0.3, -0.25) is 0 Å². The van der Waals surface area contributed by atoms with Gasteiger partial charge in [0.05, 0.1) is 0 Å². The molecule has 0 saturated carbocycles. The van der Waals surface area contributed by atoms with Gasteiger partial charge >= 0.3 is 0 Å². The van der Waals surface area contributed by atoms with Crippen molar-refractivity contribution < 1.29 is 0 Å². The lowest BCUT2D eigenvalue weighted by Crippen LogP contribution is -2.33. The van der Waals surface area contributed by atoms with Gasteiger partial charge in [-0.05, 0) is 42.5 Å². The summed E-state index contributed by atoms with van der Waals surface area (Å²) in [6, 6.07) is 9.19. The van der Waals surface area contributed by atoms with Gasteiger partial charge in [-0.2, -0.15) is 0 Å². The van der Waals surface area contributed by atoms with E-state index in [1.807, 2.05) is 0 Å². The van der Waals surface area contributed by atoms with Crippen LogP contribution in [0, 0.1) is 5.92 Å². The van der Waals surface area contributed by atoms with Gasteiger partial charge in [0.15, 0.2) is 0 Å². The second-order valence-corrected chi connectivity index (χ2v) is 6.47. The van der Waals surface area contributed by atoms with E-state index in [1.165, 1.54) is 17.5 Å². The highest BCUT2D eigenvalue weighted by Gasteiger charge is 2.06. The topological polar surface area (TPSA) is 15.3 Å². The highest BCUT2D eigenvalue weighted by atomic mass is 15.1. The summed E-state index contributed by atoms with van der Waals surface area (Å²) < 4.78 is 0. The molecule has 1 rings (SSSR count). The van der Waals surface area contributed by atoms with E-state index in [1.54, 1.807) is 0 Å². The number of rotatable bonds is 10. The molecule has 2 heteroatoms. The largest absolute Gasteiger partial charge is 0.315 e. The van der Waals surface area contributed by atoms with Crippen LogP contribution in [0.4, 0.5) is 0 Å². The fourth-order valence-corrected chi connectivity index (χ4v) is 2.67. The van der Waals surface area contributed by atoms with Gasteiger partial charge in [0, 0.05) is 19.6 Å². The molecule has 0 fully saturated rings. The second-order valence-electron chi connectivity index (χ2n) is 6.47. The molecule has 0 heterocycles. The van der Waals surface area contributed by atoms with E-state index < -0.39 is 0 Å². The molecule has 1 N–H and O–H groups in total. The third-order valence-electron chi connectivity index (χ3n) is 4.14. The molecule has 0 bridgehead atoms. The number of nitrogens with one attached hydrogen (secondary N) is 1. The molecule has 1 aromatic rings. The van der Waals surface area contributed by atoms with Crippen molar-refractivity contribution in [1.29, 1.82) is 0 Å². The van der Waals surface area contributed by atoms with Crippen LogP contribution in [0.1, 0.15) is 51.7 Å². The Bertz CT molecular complexity index is 366. The molecule has 0 spiro atoms. The van der Waals surface area contributed by atoms with E-state index in [0.717, 1.165) is 38.6 Å². The van der Waals surface area contributed by atoms with Crippen molar-refractivity contribution >= 4 is 0 Å². The van der Waals surface area contributed by atoms with E-state index in [0.29, 0.717) is 5.92 Å². The SMILES string of the molecule is CCN(CC)CCNCC(C)c1ccc(CC(C)C)cc1. The van der Waals surface area contributed by atoms with Crippen molar-refractivity contribution in [2.75, 3.05) is 32.7 Å². The summed E-state index contributed by atoms with van der Waals surface area (Å²) in [7, 11) is 0. The summed E-state index contributed by atoms with van der Waals surface area (Å²) in [5.41, 5.74) is 2.90. The molecule has 1 unspecified atom stereocenters. The summed E-state index contributed by atoms with van der Waals surface area (Å²) in [6.07, 6.45) is 1.18. The zero-order valence-corrected chi connectivity index (χ0v) is 14.7. The van der Waals surface area contributed by atoms with Gasteiger partial charge in [-0.25, -0.2) is 0 Å². The van der Waals surface area contributed by atoms with Gasteiger partial charge in [-0.15, -0.1) is 0 Å². The van der Waals surface area contributed by atoms with Crippen LogP contribution in [-0.4, -0.2) is 37.6 Å². The van der Waals surface area contributed by atoms with Crippen molar-refractivity contribution in [1.82, 2.24) is 10.2 Å². The first-order valence-electron chi connectivity index (χ1n) is 8.58. The van der Waals surface area contributed by atoms with E-state index >= 15 is 0 Å². The van der Waals surface area contributed by atoms with Gasteiger partial charge in [0.25, 0.3) is 0 Å². The Hall–Kier alpha value is -0.860. The average Bonchev–Trinajstić information content (AvgIpc) is 2.47. The van der Waals surface area contributed by atoms with Crippen LogP contribution in [-0.2, 0) is 6.42 Å². The van der Waals surface area contributed by atoms with Gasteiger partial charge in [-0.1, -0.05) is 58.9 Å². The maximum Gasteiger partial charge on any atom is 0.0107 e. The third-order valence-corrected chi connectivity index (χ3v) is 4.14. The lowest BCUT2D eigenvalue weighted by Gasteiger charge is -2.19. The normalized spacial score (nSPS) is 13.1. The fourth-order valence-electron chi connectivity index (χ4n) is 2.67. The Morgan fingerprint density at radius 1 is 1.00 bits per heavy atom. The molecule has 0 radical (unpaired) electrons. The van der Waals surface area contributed by atoms with E-state index in [9.17, 15) is 0 Å². The minimum atomic E-state index is 0.579. The first-order chi connectivity index (χ1) is 10.1. The van der Waals surface area contributed by atoms with E-state index in [4.69, 9.17) is 0 Å². The molecule has 0 amide bonds. The van der Waals surface area contributed by atoms with Crippen molar-refractivity contribution in [2.45, 2.75) is 47.0 Å². The molecule has 1 aromatic carbocycles. The second kappa shape index (κ2) is 9.97. The van der Waals surface area contributed by atoms with Crippen LogP contribution >= 0.6 is 0 Å². The standard InChI is InChI=1S/C19H34N2/c1-6-21(7-2)13-12-20-15-17(5)19-10-8-18(9-11-19)14-16(3)4/h8-11,16-17,20H,6-7,12-15H2,1-5H3. The molecular formula is C19H34N2. The monoisotopic (exact) mass is 290 g/mol. The highest BCUT2D eigenvalue weighted by molar-refractivity contribution is 5.25. The maximum absolute atomic E-state index is 3.59. The quantitative estimate of drug-likeness (QED) is 0.657. The number of benzene rings is 1. The summed E-state index contributed by atoms with van der Waals surface area (Å²) in [5, 5.41) is 3.59. The van der Waals surface area contributed by atoms with Crippen LogP contribution in [0.15, 0.2) is 24.3 Å². The first-order valence-corrected chi connectivity index (χ1v) is 8.58. The molecule has 0 aromatic heterocycles. The number of likely N-dealkylation sites (N-methyl/N-ethyl adjacent to an activating group) is 1.